The number of nitrogens with one attached hydrogen (secondary N) is 1. The number of hydrogen-bond acceptors (Lipinski definition) is 9. The van der Waals surface area contributed by atoms with Gasteiger partial charge in [-0.2, -0.15) is 0 Å². The molecule has 9 rings (SSSR count). The number of amides is 1. The molecule has 1 N–H and O–H groups in total. The highest BCUT2D eigenvalue weighted by atomic mass is 35.5. The van der Waals surface area contributed by atoms with Gasteiger partial charge in [0.2, 0.25) is 5.91 Å². The minimum absolute atomic E-state index is 0.0144. The van der Waals surface area contributed by atoms with E-state index in [9.17, 15) is 14.4 Å². The monoisotopic (exact) mass is 768 g/mol. The first-order valence-corrected chi connectivity index (χ1v) is 18.9. The van der Waals surface area contributed by atoms with Gasteiger partial charge < -0.3 is 15.1 Å². The predicted octanol–water partition coefficient (Wildman–Crippen LogP) is 7.36. The Morgan fingerprint density at radius 1 is 0.926 bits per heavy atom. The quantitative estimate of drug-likeness (QED) is 0.188. The molecule has 2 aliphatic carbocycles. The highest BCUT2D eigenvalue weighted by molar-refractivity contribution is 7.19. The number of anilines is 3. The molecule has 0 bridgehead atoms. The van der Waals surface area contributed by atoms with Crippen LogP contribution in [0, 0.1) is 5.92 Å². The molecule has 12 heteroatoms. The third-order valence-corrected chi connectivity index (χ3v) is 12.2. The largest absolute Gasteiger partial charge is 0.340 e. The lowest BCUT2D eigenvalue weighted by Crippen LogP contribution is -2.59. The molecule has 4 aromatic carbocycles. The number of thiazole rings is 1. The minimum Gasteiger partial charge on any atom is -0.340 e. The molecule has 0 fully saturated rings. The summed E-state index contributed by atoms with van der Waals surface area (Å²) < 4.78 is 0. The van der Waals surface area contributed by atoms with Gasteiger partial charge in [0.1, 0.15) is 17.6 Å². The first kappa shape index (κ1) is 34.1. The number of halogens is 2. The van der Waals surface area contributed by atoms with Gasteiger partial charge in [0, 0.05) is 17.0 Å². The fourth-order valence-electron chi connectivity index (χ4n) is 7.83. The molecule has 0 spiro atoms. The summed E-state index contributed by atoms with van der Waals surface area (Å²) in [4.78, 5) is 60.0. The first-order chi connectivity index (χ1) is 26.1. The van der Waals surface area contributed by atoms with Crippen LogP contribution in [0.2, 0.25) is 10.0 Å². The van der Waals surface area contributed by atoms with Crippen molar-refractivity contribution in [1.82, 2.24) is 15.0 Å². The molecule has 0 radical (unpaired) electrons. The zero-order chi connectivity index (χ0) is 37.3. The second-order valence-electron chi connectivity index (χ2n) is 13.7. The third kappa shape index (κ3) is 5.43. The molecule has 2 unspecified atom stereocenters. The number of ketones is 2. The zero-order valence-electron chi connectivity index (χ0n) is 29.0. The summed E-state index contributed by atoms with van der Waals surface area (Å²) in [6.45, 7) is 3.93. The summed E-state index contributed by atoms with van der Waals surface area (Å²) in [5, 5.41) is 5.93. The highest BCUT2D eigenvalue weighted by Crippen LogP contribution is 2.44. The topological polar surface area (TPSA) is 108 Å². The van der Waals surface area contributed by atoms with Crippen LogP contribution in [0.3, 0.4) is 0 Å². The lowest BCUT2D eigenvalue weighted by molar-refractivity contribution is -0.126. The predicted molar refractivity (Wildman–Crippen MR) is 214 cm³/mol. The van der Waals surface area contributed by atoms with E-state index in [4.69, 9.17) is 28.2 Å². The van der Waals surface area contributed by atoms with Gasteiger partial charge in [-0.25, -0.2) is 15.0 Å². The number of fused-ring (bicyclic) bond motifs is 6. The van der Waals surface area contributed by atoms with Gasteiger partial charge in [0.15, 0.2) is 22.5 Å². The molecule has 2 aromatic heterocycles. The molecule has 266 valence electrons. The van der Waals surface area contributed by atoms with Gasteiger partial charge in [-0.3, -0.25) is 14.4 Å². The van der Waals surface area contributed by atoms with Crippen molar-refractivity contribution in [3.8, 4) is 32.8 Å². The van der Waals surface area contributed by atoms with E-state index >= 15 is 0 Å². The van der Waals surface area contributed by atoms with Crippen LogP contribution in [0.5, 0.6) is 0 Å². The van der Waals surface area contributed by atoms with E-state index in [2.05, 4.69) is 15.3 Å². The van der Waals surface area contributed by atoms with Crippen LogP contribution in [0.15, 0.2) is 97.5 Å². The second-order valence-corrected chi connectivity index (χ2v) is 15.5. The van der Waals surface area contributed by atoms with Crippen molar-refractivity contribution in [2.24, 2.45) is 5.92 Å². The summed E-state index contributed by atoms with van der Waals surface area (Å²) in [6.07, 6.45) is 6.76. The van der Waals surface area contributed by atoms with Gasteiger partial charge in [-0.05, 0) is 57.8 Å². The number of aromatic nitrogens is 3. The Balaban J connectivity index is 1.05. The molecule has 9 nitrogen and oxygen atoms in total. The standard InChI is InChI=1S/C42H30Cl2N6O3S/c1-23-16-30-29-18-35(51)28-11-7-6-10-26(28)27(29)13-14-31(30)42(2,39(23)53)50-22-49(34-19-45-21-46-40(34)50)20-36(52)47-41-48-37(25-12-15-32(43)33(44)17-25)38(54-41)24-8-4-3-5-9-24/h3-19,21,23H,20,22H2,1-2H3,(H,47,48,52). The van der Waals surface area contributed by atoms with Crippen molar-refractivity contribution >= 4 is 80.8 Å². The number of benzene rings is 4. The molecule has 0 saturated heterocycles. The Hall–Kier alpha value is -5.68. The molecule has 2 atom stereocenters. The number of Topliss-reactive ketones (excluding diaryl/α,β-unsaturated/α-hetero) is 2. The summed E-state index contributed by atoms with van der Waals surface area (Å²) in [5.41, 5.74) is 5.10. The van der Waals surface area contributed by atoms with Crippen LogP contribution in [0.1, 0.15) is 29.8 Å². The molecule has 6 aromatic rings. The van der Waals surface area contributed by atoms with E-state index in [0.717, 1.165) is 43.1 Å². The fourth-order valence-corrected chi connectivity index (χ4v) is 9.14. The lowest BCUT2D eigenvalue weighted by Gasteiger charge is -2.42. The Bertz CT molecular complexity index is 2700. The van der Waals surface area contributed by atoms with Crippen LogP contribution < -0.4 is 25.6 Å². The van der Waals surface area contributed by atoms with Crippen LogP contribution in [-0.4, -0.2) is 45.6 Å². The van der Waals surface area contributed by atoms with Gasteiger partial charge in [0.05, 0.1) is 40.0 Å². The first-order valence-electron chi connectivity index (χ1n) is 17.3. The maximum absolute atomic E-state index is 14.4. The number of carbonyl (C=O) groups excluding carboxylic acids is 3. The van der Waals surface area contributed by atoms with Crippen LogP contribution >= 0.6 is 34.5 Å². The highest BCUT2D eigenvalue weighted by Gasteiger charge is 2.50. The normalized spacial score (nSPS) is 18.3. The van der Waals surface area contributed by atoms with Crippen molar-refractivity contribution in [1.29, 1.82) is 0 Å². The Kier molecular flexibility index (Phi) is 8.22. The molecular weight excluding hydrogens is 739 g/mol. The van der Waals surface area contributed by atoms with E-state index in [0.29, 0.717) is 37.9 Å². The van der Waals surface area contributed by atoms with Gasteiger partial charge >= 0.3 is 0 Å². The third-order valence-electron chi connectivity index (χ3n) is 10.4. The molecule has 3 heterocycles. The number of nitrogens with zero attached hydrogens (tertiary/aromatic N) is 5. The maximum Gasteiger partial charge on any atom is 0.245 e. The molecule has 0 saturated carbocycles. The average Bonchev–Trinajstić information content (AvgIpc) is 3.77. The van der Waals surface area contributed by atoms with Crippen molar-refractivity contribution in [3.63, 3.8) is 0 Å². The number of hydrogen-bond donors (Lipinski definition) is 1. The summed E-state index contributed by atoms with van der Waals surface area (Å²) in [5.74, 6) is -0.295. The van der Waals surface area contributed by atoms with E-state index in [1.807, 2.05) is 103 Å². The van der Waals surface area contributed by atoms with Crippen LogP contribution in [0.25, 0.3) is 45.0 Å². The van der Waals surface area contributed by atoms with Gasteiger partial charge in [-0.15, -0.1) is 0 Å². The van der Waals surface area contributed by atoms with Crippen molar-refractivity contribution in [3.05, 3.63) is 129 Å². The Morgan fingerprint density at radius 2 is 1.70 bits per heavy atom. The summed E-state index contributed by atoms with van der Waals surface area (Å²) in [7, 11) is 0. The van der Waals surface area contributed by atoms with Crippen molar-refractivity contribution < 1.29 is 14.4 Å². The molecule has 3 aliphatic rings. The summed E-state index contributed by atoms with van der Waals surface area (Å²) in [6, 6.07) is 26.7. The van der Waals surface area contributed by atoms with E-state index in [1.165, 1.54) is 17.7 Å². The zero-order valence-corrected chi connectivity index (χ0v) is 31.3. The Labute approximate surface area is 324 Å². The van der Waals surface area contributed by atoms with E-state index < -0.39 is 11.5 Å². The molecule has 1 amide bonds. The van der Waals surface area contributed by atoms with Gasteiger partial charge in [-0.1, -0.05) is 120 Å². The number of carbonyl (C=O) groups is 3. The van der Waals surface area contributed by atoms with Crippen molar-refractivity contribution in [2.45, 2.75) is 19.4 Å². The van der Waals surface area contributed by atoms with Crippen molar-refractivity contribution in [2.75, 3.05) is 28.3 Å². The van der Waals surface area contributed by atoms with Crippen LogP contribution in [0.4, 0.5) is 16.6 Å². The van der Waals surface area contributed by atoms with E-state index in [-0.39, 0.29) is 30.7 Å². The maximum atomic E-state index is 14.4. The van der Waals surface area contributed by atoms with E-state index in [1.54, 1.807) is 24.4 Å². The molecule has 1 aliphatic heterocycles. The minimum atomic E-state index is -1.17. The lowest BCUT2D eigenvalue weighted by atomic mass is 9.73. The SMILES string of the molecule is CC1C=c2c(ccc3c2=CC(=O)c2ccccc2-3)C(C)(N2CN(CC(=O)Nc3nc(-c4ccc(Cl)c(Cl)c4)c(-c4ccccc4)s3)c3cncnc32)C1=O. The Morgan fingerprint density at radius 3 is 2.50 bits per heavy atom. The second kappa shape index (κ2) is 13.0. The molecular formula is C42H30Cl2N6O3S. The number of rotatable bonds is 6. The van der Waals surface area contributed by atoms with Crippen LogP contribution in [-0.2, 0) is 15.1 Å². The smallest absolute Gasteiger partial charge is 0.245 e. The molecule has 54 heavy (non-hydrogen) atoms. The fraction of sp³-hybridized carbons (Fsp3) is 0.143. The van der Waals surface area contributed by atoms with Gasteiger partial charge in [0.25, 0.3) is 0 Å². The average molecular weight is 770 g/mol. The summed E-state index contributed by atoms with van der Waals surface area (Å²) >= 11 is 14.0.